The predicted octanol–water partition coefficient (Wildman–Crippen LogP) is 4.30. The minimum Gasteiger partial charge on any atom is -0.282 e. The summed E-state index contributed by atoms with van der Waals surface area (Å²) >= 11 is 0. The summed E-state index contributed by atoms with van der Waals surface area (Å²) < 4.78 is 32.1. The van der Waals surface area contributed by atoms with E-state index in [0.717, 1.165) is 11.1 Å². The highest BCUT2D eigenvalue weighted by Gasteiger charge is 2.21. The van der Waals surface area contributed by atoms with Crippen molar-refractivity contribution in [3.63, 3.8) is 0 Å². The lowest BCUT2D eigenvalue weighted by molar-refractivity contribution is 0.482. The summed E-state index contributed by atoms with van der Waals surface area (Å²) in [6.45, 7) is 12.4. The van der Waals surface area contributed by atoms with Crippen LogP contribution in [0.25, 0.3) is 0 Å². The largest absolute Gasteiger partial charge is 0.294 e. The Kier molecular flexibility index (Phi) is 4.80. The molecule has 0 spiro atoms. The second-order valence-electron chi connectivity index (χ2n) is 5.95. The van der Waals surface area contributed by atoms with Crippen LogP contribution in [0, 0.1) is 0 Å². The zero-order valence-electron chi connectivity index (χ0n) is 12.6. The molecule has 0 fully saturated rings. The van der Waals surface area contributed by atoms with Gasteiger partial charge >= 0.3 is 0 Å². The van der Waals surface area contributed by atoms with E-state index in [4.69, 9.17) is 0 Å². The first-order chi connectivity index (χ1) is 8.55. The molecule has 1 aromatic rings. The van der Waals surface area contributed by atoms with Gasteiger partial charge in [0.2, 0.25) is 0 Å². The normalized spacial score (nSPS) is 12.7. The monoisotopic (exact) mass is 284 g/mol. The van der Waals surface area contributed by atoms with Gasteiger partial charge in [0.25, 0.3) is 10.1 Å². The number of rotatable bonds is 4. The molecule has 0 radical (unpaired) electrons. The number of hydrogen-bond donors (Lipinski definition) is 1. The molecule has 0 saturated heterocycles. The molecule has 19 heavy (non-hydrogen) atoms. The van der Waals surface area contributed by atoms with Crippen molar-refractivity contribution in [2.45, 2.75) is 64.2 Å². The van der Waals surface area contributed by atoms with E-state index in [2.05, 4.69) is 13.8 Å². The second kappa shape index (κ2) is 5.63. The van der Waals surface area contributed by atoms with E-state index in [9.17, 15) is 13.0 Å². The van der Waals surface area contributed by atoms with Gasteiger partial charge in [-0.25, -0.2) is 0 Å². The first-order valence-electron chi connectivity index (χ1n) is 6.70. The Morgan fingerprint density at radius 3 is 1.42 bits per heavy atom. The Morgan fingerprint density at radius 1 is 0.842 bits per heavy atom. The van der Waals surface area contributed by atoms with Gasteiger partial charge in [-0.2, -0.15) is 8.42 Å². The minimum absolute atomic E-state index is 0.00398. The average molecular weight is 284 g/mol. The standard InChI is InChI=1S/C15H24O3S/c1-9(2)13-7-12(19(16,17)18)8-14(10(3)4)15(13)11(5)6/h7-11H,1-6H3,(H,16,17,18). The van der Waals surface area contributed by atoms with Crippen molar-refractivity contribution in [3.05, 3.63) is 28.8 Å². The summed E-state index contributed by atoms with van der Waals surface area (Å²) in [7, 11) is -4.16. The van der Waals surface area contributed by atoms with E-state index in [1.54, 1.807) is 12.1 Å². The molecule has 1 rings (SSSR count). The van der Waals surface area contributed by atoms with Crippen LogP contribution in [-0.4, -0.2) is 13.0 Å². The van der Waals surface area contributed by atoms with Crippen LogP contribution in [0.15, 0.2) is 17.0 Å². The lowest BCUT2D eigenvalue weighted by Gasteiger charge is -2.23. The Morgan fingerprint density at radius 2 is 1.21 bits per heavy atom. The molecule has 0 amide bonds. The van der Waals surface area contributed by atoms with Crippen LogP contribution in [0.5, 0.6) is 0 Å². The fraction of sp³-hybridized carbons (Fsp3) is 0.600. The van der Waals surface area contributed by atoms with Crippen LogP contribution in [0.4, 0.5) is 0 Å². The Balaban J connectivity index is 3.73. The van der Waals surface area contributed by atoms with Crippen molar-refractivity contribution in [3.8, 4) is 0 Å². The molecule has 0 aliphatic heterocycles. The van der Waals surface area contributed by atoms with E-state index in [1.807, 2.05) is 27.7 Å². The van der Waals surface area contributed by atoms with E-state index in [0.29, 0.717) is 5.92 Å². The second-order valence-corrected chi connectivity index (χ2v) is 7.38. The van der Waals surface area contributed by atoms with Crippen molar-refractivity contribution in [1.82, 2.24) is 0 Å². The van der Waals surface area contributed by atoms with Crippen molar-refractivity contribution in [1.29, 1.82) is 0 Å². The van der Waals surface area contributed by atoms with Gasteiger partial charge in [-0.05, 0) is 46.6 Å². The van der Waals surface area contributed by atoms with Crippen LogP contribution in [0.2, 0.25) is 0 Å². The third-order valence-electron chi connectivity index (χ3n) is 3.34. The van der Waals surface area contributed by atoms with Gasteiger partial charge in [0.1, 0.15) is 0 Å². The van der Waals surface area contributed by atoms with E-state index in [-0.39, 0.29) is 16.7 Å². The summed E-state index contributed by atoms with van der Waals surface area (Å²) in [4.78, 5) is 0.00398. The molecular weight excluding hydrogens is 260 g/mol. The number of benzene rings is 1. The maximum absolute atomic E-state index is 11.4. The van der Waals surface area contributed by atoms with Gasteiger partial charge in [0, 0.05) is 0 Å². The Labute approximate surface area is 116 Å². The van der Waals surface area contributed by atoms with Gasteiger partial charge in [0.15, 0.2) is 0 Å². The van der Waals surface area contributed by atoms with Crippen molar-refractivity contribution in [2.75, 3.05) is 0 Å². The lowest BCUT2D eigenvalue weighted by Crippen LogP contribution is -2.09. The molecule has 0 heterocycles. The molecule has 108 valence electrons. The van der Waals surface area contributed by atoms with Crippen molar-refractivity contribution < 1.29 is 13.0 Å². The van der Waals surface area contributed by atoms with Crippen LogP contribution in [0.3, 0.4) is 0 Å². The van der Waals surface area contributed by atoms with E-state index < -0.39 is 10.1 Å². The quantitative estimate of drug-likeness (QED) is 0.838. The first-order valence-corrected chi connectivity index (χ1v) is 8.14. The van der Waals surface area contributed by atoms with Gasteiger partial charge in [-0.3, -0.25) is 4.55 Å². The lowest BCUT2D eigenvalue weighted by atomic mass is 9.83. The third-order valence-corrected chi connectivity index (χ3v) is 4.17. The predicted molar refractivity (Wildman–Crippen MR) is 78.5 cm³/mol. The maximum Gasteiger partial charge on any atom is 0.294 e. The van der Waals surface area contributed by atoms with Crippen molar-refractivity contribution >= 4 is 10.1 Å². The average Bonchev–Trinajstić information content (AvgIpc) is 2.25. The van der Waals surface area contributed by atoms with Gasteiger partial charge in [-0.1, -0.05) is 41.5 Å². The summed E-state index contributed by atoms with van der Waals surface area (Å²) in [6.07, 6.45) is 0. The SMILES string of the molecule is CC(C)c1cc(S(=O)(=O)O)cc(C(C)C)c1C(C)C. The number of hydrogen-bond acceptors (Lipinski definition) is 2. The molecule has 1 aromatic carbocycles. The zero-order valence-corrected chi connectivity index (χ0v) is 13.4. The van der Waals surface area contributed by atoms with Crippen LogP contribution < -0.4 is 0 Å². The highest BCUT2D eigenvalue weighted by Crippen LogP contribution is 2.35. The first kappa shape index (κ1) is 16.2. The van der Waals surface area contributed by atoms with E-state index >= 15 is 0 Å². The summed E-state index contributed by atoms with van der Waals surface area (Å²) in [5.74, 6) is 0.762. The smallest absolute Gasteiger partial charge is 0.282 e. The van der Waals surface area contributed by atoms with Crippen LogP contribution in [0.1, 0.15) is 76.0 Å². The molecular formula is C15H24O3S. The van der Waals surface area contributed by atoms with Crippen LogP contribution in [-0.2, 0) is 10.1 Å². The Hall–Kier alpha value is -0.870. The molecule has 0 aliphatic carbocycles. The third kappa shape index (κ3) is 3.57. The molecule has 0 aromatic heterocycles. The van der Waals surface area contributed by atoms with E-state index in [1.165, 1.54) is 5.56 Å². The highest BCUT2D eigenvalue weighted by molar-refractivity contribution is 7.85. The fourth-order valence-corrected chi connectivity index (χ4v) is 2.99. The molecule has 0 aliphatic rings. The van der Waals surface area contributed by atoms with Gasteiger partial charge in [0.05, 0.1) is 4.90 Å². The fourth-order valence-electron chi connectivity index (χ4n) is 2.44. The molecule has 4 heteroatoms. The topological polar surface area (TPSA) is 54.4 Å². The summed E-state index contributed by atoms with van der Waals surface area (Å²) in [5.41, 5.74) is 3.22. The van der Waals surface area contributed by atoms with Crippen LogP contribution >= 0.6 is 0 Å². The van der Waals surface area contributed by atoms with Gasteiger partial charge in [-0.15, -0.1) is 0 Å². The summed E-state index contributed by atoms with van der Waals surface area (Å²) in [6, 6.07) is 3.22. The molecule has 0 bridgehead atoms. The molecule has 3 nitrogen and oxygen atoms in total. The van der Waals surface area contributed by atoms with Crippen molar-refractivity contribution in [2.24, 2.45) is 0 Å². The molecule has 1 N–H and O–H groups in total. The maximum atomic E-state index is 11.4. The molecule has 0 atom stereocenters. The summed E-state index contributed by atoms with van der Waals surface area (Å²) in [5, 5.41) is 0. The Bertz CT molecular complexity index is 526. The minimum atomic E-state index is -4.16. The molecule has 0 saturated carbocycles. The highest BCUT2D eigenvalue weighted by atomic mass is 32.2. The van der Waals surface area contributed by atoms with Gasteiger partial charge < -0.3 is 0 Å². The molecule has 0 unspecified atom stereocenters. The zero-order chi connectivity index (χ0) is 15.0.